The number of nitrogens with zero attached hydrogens (tertiary/aromatic N) is 2. The van der Waals surface area contributed by atoms with Crippen LogP contribution in [-0.4, -0.2) is 27.2 Å². The Labute approximate surface area is 104 Å². The number of ether oxygens (including phenoxy) is 1. The van der Waals surface area contributed by atoms with Gasteiger partial charge in [-0.1, -0.05) is 13.3 Å². The van der Waals surface area contributed by atoms with Crippen LogP contribution in [-0.2, 0) is 11.2 Å². The average molecular weight is 249 g/mol. The number of hydrogen-bond acceptors (Lipinski definition) is 4. The molecule has 18 heavy (non-hydrogen) atoms. The van der Waals surface area contributed by atoms with Gasteiger partial charge in [-0.3, -0.25) is 9.89 Å². The molecule has 2 rings (SSSR count). The molecule has 0 amide bonds. The van der Waals surface area contributed by atoms with Gasteiger partial charge in [-0.2, -0.15) is 0 Å². The van der Waals surface area contributed by atoms with E-state index in [1.54, 1.807) is 6.92 Å². The number of esters is 1. The van der Waals surface area contributed by atoms with E-state index in [-0.39, 0.29) is 17.7 Å². The average Bonchev–Trinajstić information content (AvgIpc) is 2.74. The van der Waals surface area contributed by atoms with Crippen LogP contribution < -0.4 is 5.56 Å². The largest absolute Gasteiger partial charge is 0.462 e. The number of nitrogens with one attached hydrogen (secondary N) is 1. The summed E-state index contributed by atoms with van der Waals surface area (Å²) in [7, 11) is 0. The fraction of sp³-hybridized carbons (Fsp3) is 0.417. The van der Waals surface area contributed by atoms with Gasteiger partial charge in [0.25, 0.3) is 5.56 Å². The van der Waals surface area contributed by atoms with Crippen LogP contribution in [0.4, 0.5) is 0 Å². The molecule has 2 aromatic rings. The van der Waals surface area contributed by atoms with Crippen molar-refractivity contribution in [3.05, 3.63) is 33.9 Å². The first-order valence-electron chi connectivity index (χ1n) is 5.94. The monoisotopic (exact) mass is 249 g/mol. The van der Waals surface area contributed by atoms with Crippen molar-refractivity contribution in [1.82, 2.24) is 14.6 Å². The number of carbonyl (C=O) groups is 1. The van der Waals surface area contributed by atoms with E-state index in [0.29, 0.717) is 17.8 Å². The lowest BCUT2D eigenvalue weighted by Gasteiger charge is -2.01. The van der Waals surface area contributed by atoms with Gasteiger partial charge in [-0.05, 0) is 13.3 Å². The summed E-state index contributed by atoms with van der Waals surface area (Å²) in [6, 6.07) is 1.47. The van der Waals surface area contributed by atoms with E-state index in [1.165, 1.54) is 16.8 Å². The van der Waals surface area contributed by atoms with Crippen molar-refractivity contribution >= 4 is 11.6 Å². The highest BCUT2D eigenvalue weighted by atomic mass is 16.5. The Hall–Kier alpha value is -2.11. The van der Waals surface area contributed by atoms with E-state index < -0.39 is 5.97 Å². The molecule has 0 radical (unpaired) electrons. The Balaban J connectivity index is 2.56. The molecule has 2 aromatic heterocycles. The number of H-pyrrole nitrogens is 1. The molecule has 0 spiro atoms. The van der Waals surface area contributed by atoms with Gasteiger partial charge in [-0.15, -0.1) is 0 Å². The predicted molar refractivity (Wildman–Crippen MR) is 65.8 cm³/mol. The molecule has 0 aliphatic rings. The third kappa shape index (κ3) is 2.13. The van der Waals surface area contributed by atoms with E-state index in [4.69, 9.17) is 4.74 Å². The maximum atomic E-state index is 11.8. The van der Waals surface area contributed by atoms with E-state index in [2.05, 4.69) is 10.1 Å². The van der Waals surface area contributed by atoms with Crippen LogP contribution in [0.1, 0.15) is 36.3 Å². The van der Waals surface area contributed by atoms with Gasteiger partial charge < -0.3 is 4.74 Å². The summed E-state index contributed by atoms with van der Waals surface area (Å²) in [6.45, 7) is 4.02. The summed E-state index contributed by atoms with van der Waals surface area (Å²) in [5.41, 5.74) is 1.07. The molecule has 0 fully saturated rings. The number of hydrogen-bond donors (Lipinski definition) is 1. The Kier molecular flexibility index (Phi) is 3.45. The standard InChI is InChI=1S/C12H15N3O3/c1-3-5-8-6-10(16)15-11(14-8)9(7-13-15)12(17)18-4-2/h6-7,13H,3-5H2,1-2H3. The van der Waals surface area contributed by atoms with Crippen molar-refractivity contribution in [1.29, 1.82) is 0 Å². The van der Waals surface area contributed by atoms with Crippen molar-refractivity contribution in [2.75, 3.05) is 6.61 Å². The van der Waals surface area contributed by atoms with Crippen molar-refractivity contribution in [2.24, 2.45) is 0 Å². The van der Waals surface area contributed by atoms with Gasteiger partial charge in [-0.25, -0.2) is 14.3 Å². The zero-order valence-corrected chi connectivity index (χ0v) is 10.4. The molecule has 96 valence electrons. The predicted octanol–water partition coefficient (Wildman–Crippen LogP) is 1.15. The van der Waals surface area contributed by atoms with Gasteiger partial charge in [0.1, 0.15) is 5.56 Å². The van der Waals surface area contributed by atoms with Crippen LogP contribution in [0.25, 0.3) is 5.65 Å². The first kappa shape index (κ1) is 12.3. The minimum atomic E-state index is -0.475. The lowest BCUT2D eigenvalue weighted by Crippen LogP contribution is -2.16. The fourth-order valence-corrected chi connectivity index (χ4v) is 1.77. The molecule has 0 aliphatic heterocycles. The highest BCUT2D eigenvalue weighted by Gasteiger charge is 2.16. The van der Waals surface area contributed by atoms with Crippen LogP contribution >= 0.6 is 0 Å². The highest BCUT2D eigenvalue weighted by Crippen LogP contribution is 2.09. The van der Waals surface area contributed by atoms with Gasteiger partial charge in [0, 0.05) is 18.0 Å². The minimum Gasteiger partial charge on any atom is -0.462 e. The smallest absolute Gasteiger partial charge is 0.343 e. The molecule has 0 bridgehead atoms. The van der Waals surface area contributed by atoms with Crippen molar-refractivity contribution in [3.63, 3.8) is 0 Å². The number of aryl methyl sites for hydroxylation is 1. The Bertz CT molecular complexity index is 627. The van der Waals surface area contributed by atoms with Crippen LogP contribution in [0.5, 0.6) is 0 Å². The second-order valence-corrected chi connectivity index (χ2v) is 3.90. The van der Waals surface area contributed by atoms with Gasteiger partial charge >= 0.3 is 5.97 Å². The van der Waals surface area contributed by atoms with E-state index in [0.717, 1.165) is 6.42 Å². The number of aromatic amines is 1. The van der Waals surface area contributed by atoms with E-state index in [1.807, 2.05) is 6.92 Å². The zero-order valence-electron chi connectivity index (χ0n) is 10.4. The zero-order chi connectivity index (χ0) is 13.1. The SMILES string of the molecule is CCCc1cc(=O)n2[nH]cc(C(=O)OCC)c2n1. The first-order chi connectivity index (χ1) is 8.67. The summed E-state index contributed by atoms with van der Waals surface area (Å²) < 4.78 is 6.16. The second kappa shape index (κ2) is 5.03. The van der Waals surface area contributed by atoms with Crippen molar-refractivity contribution in [2.45, 2.75) is 26.7 Å². The van der Waals surface area contributed by atoms with E-state index >= 15 is 0 Å². The summed E-state index contributed by atoms with van der Waals surface area (Å²) in [5.74, 6) is -0.475. The topological polar surface area (TPSA) is 76.5 Å². The molecular formula is C12H15N3O3. The molecule has 0 aromatic carbocycles. The van der Waals surface area contributed by atoms with Gasteiger partial charge in [0.2, 0.25) is 0 Å². The van der Waals surface area contributed by atoms with Gasteiger partial charge in [0.15, 0.2) is 5.65 Å². The molecule has 2 heterocycles. The molecule has 1 N–H and O–H groups in total. The maximum Gasteiger partial charge on any atom is 0.343 e. The summed E-state index contributed by atoms with van der Waals surface area (Å²) in [4.78, 5) is 27.8. The van der Waals surface area contributed by atoms with Crippen LogP contribution in [0, 0.1) is 0 Å². The Morgan fingerprint density at radius 2 is 2.28 bits per heavy atom. The highest BCUT2D eigenvalue weighted by molar-refractivity contribution is 5.95. The molecule has 0 aliphatic carbocycles. The second-order valence-electron chi connectivity index (χ2n) is 3.90. The molecule has 0 saturated carbocycles. The fourth-order valence-electron chi connectivity index (χ4n) is 1.77. The molecule has 0 atom stereocenters. The van der Waals surface area contributed by atoms with Crippen LogP contribution in [0.3, 0.4) is 0 Å². The summed E-state index contributed by atoms with van der Waals surface area (Å²) >= 11 is 0. The summed E-state index contributed by atoms with van der Waals surface area (Å²) in [6.07, 6.45) is 3.04. The third-order valence-corrected chi connectivity index (χ3v) is 2.55. The molecule has 6 nitrogen and oxygen atoms in total. The van der Waals surface area contributed by atoms with E-state index in [9.17, 15) is 9.59 Å². The van der Waals surface area contributed by atoms with Crippen molar-refractivity contribution < 1.29 is 9.53 Å². The number of fused-ring (bicyclic) bond motifs is 1. The third-order valence-electron chi connectivity index (χ3n) is 2.55. The molecule has 0 unspecified atom stereocenters. The van der Waals surface area contributed by atoms with Crippen LogP contribution in [0.2, 0.25) is 0 Å². The molecular weight excluding hydrogens is 234 g/mol. The van der Waals surface area contributed by atoms with Crippen LogP contribution in [0.15, 0.2) is 17.1 Å². The molecule has 0 saturated heterocycles. The number of carbonyl (C=O) groups excluding carboxylic acids is 1. The summed E-state index contributed by atoms with van der Waals surface area (Å²) in [5, 5.41) is 2.71. The molecule has 6 heteroatoms. The maximum absolute atomic E-state index is 11.8. The number of rotatable bonds is 4. The van der Waals surface area contributed by atoms with Gasteiger partial charge in [0.05, 0.1) is 6.61 Å². The lowest BCUT2D eigenvalue weighted by atomic mass is 10.2. The normalized spacial score (nSPS) is 10.8. The Morgan fingerprint density at radius 3 is 2.94 bits per heavy atom. The lowest BCUT2D eigenvalue weighted by molar-refractivity contribution is 0.0528. The number of aromatic nitrogens is 3. The minimum absolute atomic E-state index is 0.223. The Morgan fingerprint density at radius 1 is 1.50 bits per heavy atom. The first-order valence-corrected chi connectivity index (χ1v) is 5.94. The van der Waals surface area contributed by atoms with Crippen molar-refractivity contribution in [3.8, 4) is 0 Å². The quantitative estimate of drug-likeness (QED) is 0.825.